The fraction of sp³-hybridized carbons (Fsp3) is 0.303. The Morgan fingerprint density at radius 2 is 1.84 bits per heavy atom. The Bertz CT molecular complexity index is 1770. The molecule has 3 aromatic carbocycles. The molecule has 1 aliphatic rings. The zero-order chi connectivity index (χ0) is 32.5. The van der Waals surface area contributed by atoms with E-state index in [2.05, 4.69) is 10.3 Å². The molecule has 0 radical (unpaired) electrons. The standard InChI is InChI=1S/C33H34ClN3O8/c1-33(2,17-38)16-37-24-12-11-19(34)14-21(24)29(20-8-6-10-25(43-3)30(20)44-4)45-26(31(37)40)15-27(39)35-22-9-5-7-18-13-23(32(41)42)36-28(18)22/h5-14,26,29,36,38H,15-17H2,1-4H3,(H,35,39)(H,41,42)/p-1/t26-,29-/m1/s1. The first-order chi connectivity index (χ1) is 21.5. The van der Waals surface area contributed by atoms with Gasteiger partial charge >= 0.3 is 0 Å². The van der Waals surface area contributed by atoms with Crippen molar-refractivity contribution in [3.8, 4) is 11.5 Å². The average Bonchev–Trinajstić information content (AvgIpc) is 3.44. The minimum Gasteiger partial charge on any atom is -0.543 e. The number of hydrogen-bond donors (Lipinski definition) is 3. The van der Waals surface area contributed by atoms with E-state index in [1.165, 1.54) is 25.2 Å². The number of nitrogens with one attached hydrogen (secondary N) is 2. The SMILES string of the molecule is COc1cccc([C@H]2O[C@H](CC(=O)Nc3cccc4cc(C(=O)[O-])[nH]c34)C(=O)N(CC(C)(C)CO)c3ccc(Cl)cc32)c1OC. The fourth-order valence-electron chi connectivity index (χ4n) is 5.45. The van der Waals surface area contributed by atoms with Crippen molar-refractivity contribution in [1.82, 2.24) is 4.98 Å². The quantitative estimate of drug-likeness (QED) is 0.236. The summed E-state index contributed by atoms with van der Waals surface area (Å²) in [7, 11) is 3.01. The molecule has 2 heterocycles. The van der Waals surface area contributed by atoms with Crippen LogP contribution in [-0.2, 0) is 14.3 Å². The monoisotopic (exact) mass is 634 g/mol. The molecule has 0 spiro atoms. The third-order valence-electron chi connectivity index (χ3n) is 7.66. The predicted octanol–water partition coefficient (Wildman–Crippen LogP) is 4.07. The number of hydrogen-bond acceptors (Lipinski definition) is 8. The largest absolute Gasteiger partial charge is 0.543 e. The molecule has 3 N–H and O–H groups in total. The number of aliphatic hydroxyl groups is 1. The van der Waals surface area contributed by atoms with Gasteiger partial charge in [0, 0.05) is 45.8 Å². The zero-order valence-electron chi connectivity index (χ0n) is 25.2. The molecular weight excluding hydrogens is 602 g/mol. The molecule has 4 aromatic rings. The maximum Gasteiger partial charge on any atom is 0.256 e. The van der Waals surface area contributed by atoms with Gasteiger partial charge < -0.3 is 44.4 Å². The van der Waals surface area contributed by atoms with E-state index < -0.39 is 35.4 Å². The molecule has 5 rings (SSSR count). The van der Waals surface area contributed by atoms with Gasteiger partial charge in [0.25, 0.3) is 5.91 Å². The van der Waals surface area contributed by atoms with Crippen LogP contribution >= 0.6 is 11.6 Å². The number of aromatic nitrogens is 1. The van der Waals surface area contributed by atoms with Gasteiger partial charge in [-0.15, -0.1) is 0 Å². The highest BCUT2D eigenvalue weighted by Crippen LogP contribution is 2.45. The van der Waals surface area contributed by atoms with Crippen LogP contribution in [0.5, 0.6) is 11.5 Å². The first-order valence-electron chi connectivity index (χ1n) is 14.2. The van der Waals surface area contributed by atoms with Gasteiger partial charge in [-0.2, -0.15) is 0 Å². The summed E-state index contributed by atoms with van der Waals surface area (Å²) in [6.07, 6.45) is -2.58. The summed E-state index contributed by atoms with van der Waals surface area (Å²) in [6, 6.07) is 16.8. The number of fused-ring (bicyclic) bond motifs is 2. The molecular formula is C33H33ClN3O8-. The zero-order valence-corrected chi connectivity index (χ0v) is 25.9. The number of rotatable bonds is 10. The van der Waals surface area contributed by atoms with E-state index in [0.717, 1.165) is 0 Å². The lowest BCUT2D eigenvalue weighted by atomic mass is 9.92. The number of carbonyl (C=O) groups is 3. The molecule has 0 saturated heterocycles. The number of para-hydroxylation sites is 2. The van der Waals surface area contributed by atoms with E-state index >= 15 is 0 Å². The molecule has 1 aliphatic heterocycles. The molecule has 0 unspecified atom stereocenters. The molecule has 1 aromatic heterocycles. The summed E-state index contributed by atoms with van der Waals surface area (Å²) < 4.78 is 17.8. The highest BCUT2D eigenvalue weighted by atomic mass is 35.5. The predicted molar refractivity (Wildman–Crippen MR) is 167 cm³/mol. The summed E-state index contributed by atoms with van der Waals surface area (Å²) in [5.74, 6) is -1.59. The molecule has 0 saturated carbocycles. The van der Waals surface area contributed by atoms with Crippen molar-refractivity contribution >= 4 is 51.7 Å². The Kier molecular flexibility index (Phi) is 9.06. The highest BCUT2D eigenvalue weighted by Gasteiger charge is 2.40. The fourth-order valence-corrected chi connectivity index (χ4v) is 5.63. The number of anilines is 2. The molecule has 0 fully saturated rings. The maximum absolute atomic E-state index is 14.3. The van der Waals surface area contributed by atoms with E-state index in [4.69, 9.17) is 25.8 Å². The highest BCUT2D eigenvalue weighted by molar-refractivity contribution is 6.30. The Labute approximate surface area is 264 Å². The summed E-state index contributed by atoms with van der Waals surface area (Å²) in [4.78, 5) is 43.5. The average molecular weight is 635 g/mol. The topological polar surface area (TPSA) is 153 Å². The molecule has 0 aliphatic carbocycles. The van der Waals surface area contributed by atoms with Crippen LogP contribution in [0.3, 0.4) is 0 Å². The number of aromatic amines is 1. The second kappa shape index (κ2) is 12.8. The molecule has 2 atom stereocenters. The minimum absolute atomic E-state index is 0.119. The molecule has 236 valence electrons. The van der Waals surface area contributed by atoms with Gasteiger partial charge in [-0.3, -0.25) is 9.59 Å². The number of benzene rings is 3. The van der Waals surface area contributed by atoms with Crippen LogP contribution in [0.1, 0.15) is 48.0 Å². The van der Waals surface area contributed by atoms with Gasteiger partial charge in [0.2, 0.25) is 5.91 Å². The van der Waals surface area contributed by atoms with Crippen molar-refractivity contribution in [1.29, 1.82) is 0 Å². The normalized spacial score (nSPS) is 16.7. The van der Waals surface area contributed by atoms with Crippen LogP contribution in [0, 0.1) is 5.41 Å². The van der Waals surface area contributed by atoms with E-state index in [9.17, 15) is 24.6 Å². The smallest absolute Gasteiger partial charge is 0.256 e. The van der Waals surface area contributed by atoms with Gasteiger partial charge in [-0.1, -0.05) is 49.7 Å². The summed E-state index contributed by atoms with van der Waals surface area (Å²) in [5.41, 5.74) is 1.50. The van der Waals surface area contributed by atoms with Crippen molar-refractivity contribution in [2.45, 2.75) is 32.5 Å². The maximum atomic E-state index is 14.3. The lowest BCUT2D eigenvalue weighted by molar-refractivity contribution is -0.255. The second-order valence-corrected chi connectivity index (χ2v) is 12.0. The number of aromatic carboxylic acids is 1. The van der Waals surface area contributed by atoms with Crippen molar-refractivity contribution in [3.05, 3.63) is 82.5 Å². The third-order valence-corrected chi connectivity index (χ3v) is 7.89. The summed E-state index contributed by atoms with van der Waals surface area (Å²) in [5, 5.41) is 25.3. The number of methoxy groups -OCH3 is 2. The first kappa shape index (κ1) is 31.8. The number of ether oxygens (including phenoxy) is 3. The van der Waals surface area contributed by atoms with Crippen molar-refractivity contribution in [2.75, 3.05) is 37.6 Å². The van der Waals surface area contributed by atoms with E-state index in [0.29, 0.717) is 49.9 Å². The Balaban J connectivity index is 1.58. The lowest BCUT2D eigenvalue weighted by Crippen LogP contribution is -2.46. The van der Waals surface area contributed by atoms with Crippen LogP contribution in [0.4, 0.5) is 11.4 Å². The molecule has 11 nitrogen and oxygen atoms in total. The van der Waals surface area contributed by atoms with E-state index in [1.807, 2.05) is 13.8 Å². The second-order valence-electron chi connectivity index (χ2n) is 11.5. The Morgan fingerprint density at radius 1 is 1.09 bits per heavy atom. The van der Waals surface area contributed by atoms with Crippen molar-refractivity contribution < 1.29 is 38.8 Å². The Hall–Kier alpha value is -4.58. The number of amides is 2. The minimum atomic E-state index is -1.38. The van der Waals surface area contributed by atoms with E-state index in [-0.39, 0.29) is 25.3 Å². The Morgan fingerprint density at radius 3 is 2.53 bits per heavy atom. The van der Waals surface area contributed by atoms with Crippen LogP contribution in [-0.4, -0.2) is 61.3 Å². The molecule has 0 bridgehead atoms. The van der Waals surface area contributed by atoms with Gasteiger partial charge in [0.05, 0.1) is 43.5 Å². The van der Waals surface area contributed by atoms with Crippen LogP contribution in [0.15, 0.2) is 60.7 Å². The molecule has 12 heteroatoms. The van der Waals surface area contributed by atoms with Gasteiger partial charge in [-0.25, -0.2) is 0 Å². The number of nitrogens with zero attached hydrogens (tertiary/aromatic N) is 1. The van der Waals surface area contributed by atoms with Crippen molar-refractivity contribution in [2.24, 2.45) is 5.41 Å². The summed E-state index contributed by atoms with van der Waals surface area (Å²) >= 11 is 6.48. The van der Waals surface area contributed by atoms with Gasteiger partial charge in [-0.05, 0) is 36.4 Å². The number of carbonyl (C=O) groups excluding carboxylic acids is 3. The van der Waals surface area contributed by atoms with Crippen molar-refractivity contribution in [3.63, 3.8) is 0 Å². The third kappa shape index (κ3) is 6.46. The van der Waals surface area contributed by atoms with Gasteiger partial charge in [0.15, 0.2) is 11.5 Å². The summed E-state index contributed by atoms with van der Waals surface area (Å²) in [6.45, 7) is 3.56. The number of carboxylic acid groups (broad SMARTS) is 1. The number of halogens is 1. The lowest BCUT2D eigenvalue weighted by Gasteiger charge is -2.32. The first-order valence-corrected chi connectivity index (χ1v) is 14.5. The van der Waals surface area contributed by atoms with Crippen LogP contribution in [0.25, 0.3) is 10.9 Å². The molecule has 45 heavy (non-hydrogen) atoms. The molecule has 2 amide bonds. The number of carboxylic acids is 1. The van der Waals surface area contributed by atoms with Crippen LogP contribution in [0.2, 0.25) is 5.02 Å². The number of H-pyrrole nitrogens is 1. The van der Waals surface area contributed by atoms with Gasteiger partial charge in [0.1, 0.15) is 12.2 Å². The van der Waals surface area contributed by atoms with Crippen LogP contribution < -0.4 is 24.8 Å². The number of aliphatic hydroxyl groups excluding tert-OH is 1. The van der Waals surface area contributed by atoms with E-state index in [1.54, 1.807) is 54.6 Å².